The molecule has 4 heteroatoms. The molecule has 96 valence electrons. The average Bonchev–Trinajstić information content (AvgIpc) is 2.43. The number of hydrogen-bond acceptors (Lipinski definition) is 4. The second-order valence-electron chi connectivity index (χ2n) is 4.42. The standard InChI is InChI=1S/C14H20N4/c1-3-8-15-9-10-18(2)14-11-16-17-13-7-5-4-6-12(13)14/h4-7,11,15H,3,8-10H2,1-2H3. The molecule has 0 unspecified atom stereocenters. The molecular formula is C14H20N4. The van der Waals surface area contributed by atoms with Crippen LogP contribution in [0.3, 0.4) is 0 Å². The van der Waals surface area contributed by atoms with Gasteiger partial charge in [0.15, 0.2) is 0 Å². The Balaban J connectivity index is 2.10. The number of likely N-dealkylation sites (N-methyl/N-ethyl adjacent to an activating group) is 1. The molecule has 1 heterocycles. The highest BCUT2D eigenvalue weighted by atomic mass is 15.2. The van der Waals surface area contributed by atoms with Crippen LogP contribution in [0.2, 0.25) is 0 Å². The Labute approximate surface area is 108 Å². The predicted molar refractivity (Wildman–Crippen MR) is 76.0 cm³/mol. The van der Waals surface area contributed by atoms with Gasteiger partial charge in [-0.15, -0.1) is 0 Å². The van der Waals surface area contributed by atoms with Gasteiger partial charge in [0.2, 0.25) is 0 Å². The number of hydrogen-bond donors (Lipinski definition) is 1. The van der Waals surface area contributed by atoms with Gasteiger partial charge in [0.05, 0.1) is 17.4 Å². The van der Waals surface area contributed by atoms with Crippen molar-refractivity contribution < 1.29 is 0 Å². The van der Waals surface area contributed by atoms with Crippen molar-refractivity contribution >= 4 is 16.6 Å². The fourth-order valence-electron chi connectivity index (χ4n) is 1.97. The van der Waals surface area contributed by atoms with Crippen LogP contribution >= 0.6 is 0 Å². The summed E-state index contributed by atoms with van der Waals surface area (Å²) in [7, 11) is 2.09. The summed E-state index contributed by atoms with van der Waals surface area (Å²) in [5.74, 6) is 0. The van der Waals surface area contributed by atoms with E-state index in [1.807, 2.05) is 24.4 Å². The van der Waals surface area contributed by atoms with E-state index in [0.29, 0.717) is 0 Å². The van der Waals surface area contributed by atoms with E-state index in [2.05, 4.69) is 40.5 Å². The first-order valence-corrected chi connectivity index (χ1v) is 6.45. The Morgan fingerprint density at radius 2 is 2.06 bits per heavy atom. The van der Waals surface area contributed by atoms with Crippen LogP contribution in [0.1, 0.15) is 13.3 Å². The molecule has 0 radical (unpaired) electrons. The molecule has 0 atom stereocenters. The van der Waals surface area contributed by atoms with Crippen molar-refractivity contribution in [2.24, 2.45) is 0 Å². The predicted octanol–water partition coefficient (Wildman–Crippen LogP) is 2.07. The number of fused-ring (bicyclic) bond motifs is 1. The van der Waals surface area contributed by atoms with Gasteiger partial charge in [0.1, 0.15) is 0 Å². The largest absolute Gasteiger partial charge is 0.371 e. The molecule has 2 aromatic rings. The maximum Gasteiger partial charge on any atom is 0.0950 e. The van der Waals surface area contributed by atoms with Crippen molar-refractivity contribution in [2.75, 3.05) is 31.6 Å². The van der Waals surface area contributed by atoms with Crippen LogP contribution in [0.15, 0.2) is 30.5 Å². The molecule has 0 saturated heterocycles. The van der Waals surface area contributed by atoms with E-state index in [1.54, 1.807) is 0 Å². The molecule has 0 spiro atoms. The molecule has 0 amide bonds. The lowest BCUT2D eigenvalue weighted by atomic mass is 10.2. The summed E-state index contributed by atoms with van der Waals surface area (Å²) >= 11 is 0. The van der Waals surface area contributed by atoms with Crippen LogP contribution in [0.5, 0.6) is 0 Å². The van der Waals surface area contributed by atoms with Crippen molar-refractivity contribution in [3.05, 3.63) is 30.5 Å². The van der Waals surface area contributed by atoms with Crippen LogP contribution < -0.4 is 10.2 Å². The van der Waals surface area contributed by atoms with E-state index in [4.69, 9.17) is 0 Å². The van der Waals surface area contributed by atoms with E-state index in [-0.39, 0.29) is 0 Å². The SMILES string of the molecule is CCCNCCN(C)c1cnnc2ccccc12. The van der Waals surface area contributed by atoms with Crippen molar-refractivity contribution in [3.63, 3.8) is 0 Å². The summed E-state index contributed by atoms with van der Waals surface area (Å²) in [6, 6.07) is 8.12. The molecule has 0 aliphatic heterocycles. The van der Waals surface area contributed by atoms with Crippen LogP contribution in [-0.2, 0) is 0 Å². The minimum Gasteiger partial charge on any atom is -0.371 e. The molecule has 0 fully saturated rings. The van der Waals surface area contributed by atoms with E-state index in [1.165, 1.54) is 6.42 Å². The maximum atomic E-state index is 4.14. The summed E-state index contributed by atoms with van der Waals surface area (Å²) in [6.45, 7) is 5.21. The molecule has 1 aromatic heterocycles. The van der Waals surface area contributed by atoms with Gasteiger partial charge < -0.3 is 10.2 Å². The highest BCUT2D eigenvalue weighted by molar-refractivity contribution is 5.90. The average molecular weight is 244 g/mol. The Bertz CT molecular complexity index is 493. The second-order valence-corrected chi connectivity index (χ2v) is 4.42. The number of rotatable bonds is 6. The highest BCUT2D eigenvalue weighted by Crippen LogP contribution is 2.22. The van der Waals surface area contributed by atoms with Crippen molar-refractivity contribution in [1.82, 2.24) is 15.5 Å². The maximum absolute atomic E-state index is 4.14. The molecule has 0 aliphatic carbocycles. The Kier molecular flexibility index (Phi) is 4.47. The number of benzene rings is 1. The molecule has 0 aliphatic rings. The molecule has 0 saturated carbocycles. The third kappa shape index (κ3) is 2.96. The van der Waals surface area contributed by atoms with Crippen LogP contribution in [-0.4, -0.2) is 36.9 Å². The van der Waals surface area contributed by atoms with E-state index < -0.39 is 0 Å². The van der Waals surface area contributed by atoms with Crippen molar-refractivity contribution in [3.8, 4) is 0 Å². The number of anilines is 1. The number of aromatic nitrogens is 2. The number of nitrogens with one attached hydrogen (secondary N) is 1. The molecule has 18 heavy (non-hydrogen) atoms. The molecule has 2 rings (SSSR count). The first-order chi connectivity index (χ1) is 8.83. The second kappa shape index (κ2) is 6.31. The quantitative estimate of drug-likeness (QED) is 0.790. The lowest BCUT2D eigenvalue weighted by Crippen LogP contribution is -2.29. The van der Waals surface area contributed by atoms with Gasteiger partial charge in [0, 0.05) is 25.5 Å². The van der Waals surface area contributed by atoms with Crippen molar-refractivity contribution in [1.29, 1.82) is 0 Å². The van der Waals surface area contributed by atoms with E-state index in [0.717, 1.165) is 36.2 Å². The van der Waals surface area contributed by atoms with Gasteiger partial charge in [-0.2, -0.15) is 10.2 Å². The lowest BCUT2D eigenvalue weighted by Gasteiger charge is -2.20. The molecule has 4 nitrogen and oxygen atoms in total. The molecule has 1 aromatic carbocycles. The van der Waals surface area contributed by atoms with Crippen LogP contribution in [0, 0.1) is 0 Å². The molecular weight excluding hydrogens is 224 g/mol. The third-order valence-electron chi connectivity index (χ3n) is 2.99. The Hall–Kier alpha value is -1.68. The van der Waals surface area contributed by atoms with Crippen molar-refractivity contribution in [2.45, 2.75) is 13.3 Å². The Morgan fingerprint density at radius 1 is 1.22 bits per heavy atom. The third-order valence-corrected chi connectivity index (χ3v) is 2.99. The smallest absolute Gasteiger partial charge is 0.0950 e. The Morgan fingerprint density at radius 3 is 2.89 bits per heavy atom. The molecule has 0 bridgehead atoms. The first-order valence-electron chi connectivity index (χ1n) is 6.45. The lowest BCUT2D eigenvalue weighted by molar-refractivity contribution is 0.666. The van der Waals surface area contributed by atoms with Crippen LogP contribution in [0.25, 0.3) is 10.9 Å². The topological polar surface area (TPSA) is 41.0 Å². The fraction of sp³-hybridized carbons (Fsp3) is 0.429. The molecule has 1 N–H and O–H groups in total. The van der Waals surface area contributed by atoms with Gasteiger partial charge in [-0.3, -0.25) is 0 Å². The number of nitrogens with zero attached hydrogens (tertiary/aromatic N) is 3. The summed E-state index contributed by atoms with van der Waals surface area (Å²) < 4.78 is 0. The minimum absolute atomic E-state index is 0.948. The van der Waals surface area contributed by atoms with Gasteiger partial charge in [0.25, 0.3) is 0 Å². The summed E-state index contributed by atoms with van der Waals surface area (Å²) in [5.41, 5.74) is 2.09. The fourth-order valence-corrected chi connectivity index (χ4v) is 1.97. The highest BCUT2D eigenvalue weighted by Gasteiger charge is 2.06. The normalized spacial score (nSPS) is 10.8. The van der Waals surface area contributed by atoms with Crippen LogP contribution in [0.4, 0.5) is 5.69 Å². The zero-order chi connectivity index (χ0) is 12.8. The zero-order valence-corrected chi connectivity index (χ0v) is 11.1. The minimum atomic E-state index is 0.948. The zero-order valence-electron chi connectivity index (χ0n) is 11.1. The van der Waals surface area contributed by atoms with Gasteiger partial charge in [-0.1, -0.05) is 25.1 Å². The monoisotopic (exact) mass is 244 g/mol. The summed E-state index contributed by atoms with van der Waals surface area (Å²) in [6.07, 6.45) is 3.01. The summed E-state index contributed by atoms with van der Waals surface area (Å²) in [5, 5.41) is 12.8. The van der Waals surface area contributed by atoms with E-state index >= 15 is 0 Å². The van der Waals surface area contributed by atoms with E-state index in [9.17, 15) is 0 Å². The van der Waals surface area contributed by atoms with Gasteiger partial charge >= 0.3 is 0 Å². The summed E-state index contributed by atoms with van der Waals surface area (Å²) in [4.78, 5) is 2.22. The van der Waals surface area contributed by atoms with Gasteiger partial charge in [-0.05, 0) is 19.0 Å². The first kappa shape index (κ1) is 12.8. The van der Waals surface area contributed by atoms with Gasteiger partial charge in [-0.25, -0.2) is 0 Å².